The quantitative estimate of drug-likeness (QED) is 0.598. The average molecular weight is 285 g/mol. The number of methoxy groups -OCH3 is 1. The molecule has 2 rings (SSSR count). The first kappa shape index (κ1) is 13.3. The molecule has 98 valence electrons. The number of ether oxygens (including phenoxy) is 1. The Kier molecular flexibility index (Phi) is 3.11. The molecule has 0 aromatic carbocycles. The lowest BCUT2D eigenvalue weighted by Gasteiger charge is -2.15. The van der Waals surface area contributed by atoms with E-state index in [2.05, 4.69) is 0 Å². The Morgan fingerprint density at radius 1 is 1.28 bits per heavy atom. The lowest BCUT2D eigenvalue weighted by molar-refractivity contribution is 0.0606. The Morgan fingerprint density at radius 2 is 1.89 bits per heavy atom. The van der Waals surface area contributed by atoms with E-state index >= 15 is 0 Å². The van der Waals surface area contributed by atoms with Gasteiger partial charge in [-0.1, -0.05) is 41.5 Å². The predicted octanol–water partition coefficient (Wildman–Crippen LogP) is 2.70. The van der Waals surface area contributed by atoms with Crippen molar-refractivity contribution in [1.82, 2.24) is 4.57 Å². The van der Waals surface area contributed by atoms with E-state index in [0.29, 0.717) is 10.6 Å². The van der Waals surface area contributed by atoms with Crippen molar-refractivity contribution < 1.29 is 9.53 Å². The number of hydrogen-bond donors (Lipinski definition) is 0. The van der Waals surface area contributed by atoms with Crippen molar-refractivity contribution in [1.29, 1.82) is 0 Å². The number of rotatable bonds is 1. The van der Waals surface area contributed by atoms with Crippen LogP contribution in [0.25, 0.3) is 10.6 Å². The van der Waals surface area contributed by atoms with Gasteiger partial charge in [0.05, 0.1) is 17.7 Å². The zero-order chi connectivity index (χ0) is 13.7. The number of carbonyl (C=O) groups is 1. The second kappa shape index (κ2) is 4.20. The van der Waals surface area contributed by atoms with Crippen LogP contribution < -0.4 is 5.56 Å². The van der Waals surface area contributed by atoms with Crippen LogP contribution in [-0.4, -0.2) is 17.6 Å². The molecule has 0 radical (unpaired) electrons. The monoisotopic (exact) mass is 285 g/mol. The highest BCUT2D eigenvalue weighted by Crippen LogP contribution is 2.42. The third kappa shape index (κ3) is 1.80. The fraction of sp³-hybridized carbons (Fsp3) is 0.500. The maximum atomic E-state index is 12.3. The number of nitrogens with zero attached hydrogens (tertiary/aromatic N) is 1. The molecule has 0 spiro atoms. The summed E-state index contributed by atoms with van der Waals surface area (Å²) in [5.41, 5.74) is 1.21. The molecular weight excluding hydrogens is 270 g/mol. The molecule has 18 heavy (non-hydrogen) atoms. The molecule has 0 unspecified atom stereocenters. The maximum absolute atomic E-state index is 12.3. The van der Waals surface area contributed by atoms with E-state index in [1.807, 2.05) is 20.8 Å². The van der Waals surface area contributed by atoms with Crippen LogP contribution in [0.1, 0.15) is 36.0 Å². The lowest BCUT2D eigenvalue weighted by Crippen LogP contribution is -2.23. The fourth-order valence-electron chi connectivity index (χ4n) is 1.98. The second-order valence-corrected chi connectivity index (χ2v) is 7.30. The van der Waals surface area contributed by atoms with Crippen LogP contribution in [0.4, 0.5) is 0 Å². The van der Waals surface area contributed by atoms with E-state index in [1.54, 1.807) is 11.6 Å². The molecule has 2 aliphatic rings. The molecule has 6 heteroatoms. The minimum Gasteiger partial charge on any atom is -0.465 e. The van der Waals surface area contributed by atoms with E-state index in [-0.39, 0.29) is 16.9 Å². The number of carbonyl (C=O) groups excluding carboxylic acids is 1. The Morgan fingerprint density at radius 3 is 2.39 bits per heavy atom. The standard InChI is InChI=1S/C12H15NO3S2/c1-12(2,3)6-8-7(13(4)10(6)14)9(18-17-8)11(15)16-5/h1-5H3. The smallest absolute Gasteiger partial charge is 0.351 e. The molecule has 0 fully saturated rings. The highest BCUT2D eigenvalue weighted by atomic mass is 32.9. The zero-order valence-electron chi connectivity index (χ0n) is 11.0. The molecule has 0 atom stereocenters. The number of esters is 1. The summed E-state index contributed by atoms with van der Waals surface area (Å²) in [4.78, 5) is 25.4. The van der Waals surface area contributed by atoms with Crippen LogP contribution in [0.5, 0.6) is 0 Å². The molecule has 0 aromatic heterocycles. The van der Waals surface area contributed by atoms with Crippen molar-refractivity contribution in [3.8, 4) is 10.6 Å². The van der Waals surface area contributed by atoms with Crippen LogP contribution in [0.2, 0.25) is 0 Å². The van der Waals surface area contributed by atoms with Gasteiger partial charge in [0.2, 0.25) is 0 Å². The van der Waals surface area contributed by atoms with Crippen LogP contribution in [-0.2, 0) is 17.2 Å². The summed E-state index contributed by atoms with van der Waals surface area (Å²) in [6, 6.07) is 0. The van der Waals surface area contributed by atoms with Crippen LogP contribution in [0, 0.1) is 0 Å². The highest BCUT2D eigenvalue weighted by molar-refractivity contribution is 7.71. The molecule has 0 amide bonds. The average Bonchev–Trinajstić information content (AvgIpc) is 2.78. The van der Waals surface area contributed by atoms with Gasteiger partial charge in [-0.05, 0) is 5.41 Å². The van der Waals surface area contributed by atoms with Crippen molar-refractivity contribution in [3.63, 3.8) is 0 Å². The summed E-state index contributed by atoms with van der Waals surface area (Å²) in [5.74, 6) is -0.382. The molecule has 2 heterocycles. The lowest BCUT2D eigenvalue weighted by atomic mass is 9.88. The number of hydrogen-bond acceptors (Lipinski definition) is 5. The van der Waals surface area contributed by atoms with E-state index in [4.69, 9.17) is 4.74 Å². The van der Waals surface area contributed by atoms with Crippen molar-refractivity contribution in [2.24, 2.45) is 7.05 Å². The Hall–Kier alpha value is -1.14. The zero-order valence-corrected chi connectivity index (χ0v) is 12.6. The SMILES string of the molecule is COC(=O)c1ssc2c(C(C)(C)C)c(=O)n(C)c1-2. The molecule has 2 aliphatic heterocycles. The fourth-order valence-corrected chi connectivity index (χ4v) is 4.90. The Bertz CT molecular complexity index is 627. The topological polar surface area (TPSA) is 48.3 Å². The second-order valence-electron chi connectivity index (χ2n) is 5.15. The molecular formula is C12H15NO3S2. The van der Waals surface area contributed by atoms with Crippen molar-refractivity contribution in [2.45, 2.75) is 26.2 Å². The third-order valence-corrected chi connectivity index (χ3v) is 5.26. The first-order valence-corrected chi connectivity index (χ1v) is 7.64. The molecule has 0 aliphatic carbocycles. The number of fused-ring (bicyclic) bond motifs is 1. The van der Waals surface area contributed by atoms with Crippen molar-refractivity contribution in [2.75, 3.05) is 7.11 Å². The molecule has 4 nitrogen and oxygen atoms in total. The van der Waals surface area contributed by atoms with Gasteiger partial charge in [0.1, 0.15) is 4.88 Å². The van der Waals surface area contributed by atoms with E-state index in [9.17, 15) is 9.59 Å². The van der Waals surface area contributed by atoms with Gasteiger partial charge in [-0.2, -0.15) is 0 Å². The highest BCUT2D eigenvalue weighted by Gasteiger charge is 2.33. The van der Waals surface area contributed by atoms with Gasteiger partial charge >= 0.3 is 5.97 Å². The molecule has 0 saturated carbocycles. The van der Waals surface area contributed by atoms with E-state index < -0.39 is 0 Å². The van der Waals surface area contributed by atoms with Crippen LogP contribution >= 0.6 is 20.7 Å². The third-order valence-electron chi connectivity index (χ3n) is 2.84. The molecule has 0 N–H and O–H groups in total. The van der Waals surface area contributed by atoms with Gasteiger partial charge < -0.3 is 9.30 Å². The largest absolute Gasteiger partial charge is 0.465 e. The summed E-state index contributed by atoms with van der Waals surface area (Å²) >= 11 is 0. The maximum Gasteiger partial charge on any atom is 0.351 e. The van der Waals surface area contributed by atoms with E-state index in [1.165, 1.54) is 27.8 Å². The minimum atomic E-state index is -0.382. The minimum absolute atomic E-state index is 0.0262. The summed E-state index contributed by atoms with van der Waals surface area (Å²) in [5, 5.41) is 0. The normalized spacial score (nSPS) is 12.1. The Labute approximate surface area is 113 Å². The van der Waals surface area contributed by atoms with Gasteiger partial charge in [0, 0.05) is 12.6 Å². The van der Waals surface area contributed by atoms with Crippen LogP contribution in [0.3, 0.4) is 0 Å². The predicted molar refractivity (Wildman–Crippen MR) is 74.1 cm³/mol. The Balaban J connectivity index is 2.76. The first-order valence-electron chi connectivity index (χ1n) is 5.49. The molecule has 0 bridgehead atoms. The summed E-state index contributed by atoms with van der Waals surface area (Å²) < 4.78 is 6.31. The number of aromatic nitrogens is 1. The van der Waals surface area contributed by atoms with Gasteiger partial charge in [-0.15, -0.1) is 0 Å². The summed E-state index contributed by atoms with van der Waals surface area (Å²) in [6.07, 6.45) is 0. The first-order chi connectivity index (χ1) is 8.29. The molecule has 0 saturated heterocycles. The summed E-state index contributed by atoms with van der Waals surface area (Å²) in [6.45, 7) is 6.02. The van der Waals surface area contributed by atoms with Gasteiger partial charge in [-0.25, -0.2) is 4.79 Å². The van der Waals surface area contributed by atoms with Gasteiger partial charge in [0.25, 0.3) is 5.56 Å². The molecule has 0 aromatic rings. The van der Waals surface area contributed by atoms with Gasteiger partial charge in [0.15, 0.2) is 0 Å². The van der Waals surface area contributed by atoms with Crippen molar-refractivity contribution in [3.05, 3.63) is 20.8 Å². The van der Waals surface area contributed by atoms with Crippen LogP contribution in [0.15, 0.2) is 4.79 Å². The van der Waals surface area contributed by atoms with Gasteiger partial charge in [-0.3, -0.25) is 4.79 Å². The van der Waals surface area contributed by atoms with Crippen molar-refractivity contribution >= 4 is 26.7 Å². The van der Waals surface area contributed by atoms with E-state index in [0.717, 1.165) is 10.4 Å². The summed E-state index contributed by atoms with van der Waals surface area (Å²) in [7, 11) is 5.88.